The summed E-state index contributed by atoms with van der Waals surface area (Å²) in [4.78, 5) is 7.17. The van der Waals surface area contributed by atoms with E-state index in [0.717, 1.165) is 25.6 Å². The molecule has 1 atom stereocenters. The van der Waals surface area contributed by atoms with Crippen LogP contribution in [0.2, 0.25) is 0 Å². The molecule has 4 nitrogen and oxygen atoms in total. The number of methoxy groups -OCH3 is 1. The second-order valence-electron chi connectivity index (χ2n) is 5.28. The van der Waals surface area contributed by atoms with Crippen LogP contribution in [0.5, 0.6) is 0 Å². The Balaban J connectivity index is 1.84. The lowest BCUT2D eigenvalue weighted by atomic mass is 9.73. The lowest BCUT2D eigenvalue weighted by Gasteiger charge is -2.52. The maximum Gasteiger partial charge on any atom is 0.114 e. The number of hydrogen-bond donors (Lipinski definition) is 1. The minimum atomic E-state index is 0.0726. The van der Waals surface area contributed by atoms with Gasteiger partial charge < -0.3 is 15.0 Å². The molecule has 4 rings (SSSR count). The number of aromatic nitrogens is 1. The second kappa shape index (κ2) is 5.25. The maximum absolute atomic E-state index is 5.18. The lowest BCUT2D eigenvalue weighted by molar-refractivity contribution is -0.000188. The van der Waals surface area contributed by atoms with Crippen molar-refractivity contribution in [1.29, 1.82) is 0 Å². The highest BCUT2D eigenvalue weighted by Crippen LogP contribution is 2.43. The Hall–Kier alpha value is -0.490. The van der Waals surface area contributed by atoms with Crippen LogP contribution in [0.4, 0.5) is 0 Å². The number of piperidine rings is 3. The molecular weight excluding hydrogens is 246 g/mol. The van der Waals surface area contributed by atoms with Gasteiger partial charge >= 0.3 is 0 Å². The van der Waals surface area contributed by atoms with Crippen LogP contribution >= 0.6 is 11.3 Å². The first-order valence-corrected chi connectivity index (χ1v) is 7.59. The smallest absolute Gasteiger partial charge is 0.114 e. The van der Waals surface area contributed by atoms with E-state index in [4.69, 9.17) is 4.74 Å². The number of ether oxygens (including phenoxy) is 1. The molecule has 0 aromatic carbocycles. The predicted octanol–water partition coefficient (Wildman–Crippen LogP) is 1.30. The first-order chi connectivity index (χ1) is 8.85. The largest absolute Gasteiger partial charge is 0.383 e. The SMILES string of the molecule is COCCNC1(c2nccs2)CN2CCC1CC2. The Morgan fingerprint density at radius 2 is 2.39 bits per heavy atom. The second-order valence-corrected chi connectivity index (χ2v) is 6.17. The summed E-state index contributed by atoms with van der Waals surface area (Å²) in [6.45, 7) is 5.28. The molecule has 0 amide bonds. The van der Waals surface area contributed by atoms with Crippen molar-refractivity contribution in [3.63, 3.8) is 0 Å². The van der Waals surface area contributed by atoms with Crippen molar-refractivity contribution in [2.45, 2.75) is 18.4 Å². The molecule has 3 fully saturated rings. The standard InChI is InChI=1S/C13H21N3OS/c1-17-8-4-15-13(12-14-5-9-18-12)10-16-6-2-11(13)3-7-16/h5,9,11,15H,2-4,6-8,10H2,1H3. The summed E-state index contributed by atoms with van der Waals surface area (Å²) < 4.78 is 5.18. The summed E-state index contributed by atoms with van der Waals surface area (Å²) in [6, 6.07) is 0. The fraction of sp³-hybridized carbons (Fsp3) is 0.769. The van der Waals surface area contributed by atoms with Gasteiger partial charge in [0.05, 0.1) is 12.1 Å². The van der Waals surface area contributed by atoms with Crippen LogP contribution in [0, 0.1) is 5.92 Å². The van der Waals surface area contributed by atoms with Crippen molar-refractivity contribution < 1.29 is 4.74 Å². The maximum atomic E-state index is 5.18. The average molecular weight is 267 g/mol. The van der Waals surface area contributed by atoms with Crippen molar-refractivity contribution in [3.05, 3.63) is 16.6 Å². The van der Waals surface area contributed by atoms with Gasteiger partial charge in [0, 0.05) is 31.8 Å². The molecule has 0 saturated carbocycles. The van der Waals surface area contributed by atoms with Gasteiger partial charge in [0.25, 0.3) is 0 Å². The Bertz CT molecular complexity index is 376. The van der Waals surface area contributed by atoms with Gasteiger partial charge in [-0.15, -0.1) is 11.3 Å². The summed E-state index contributed by atoms with van der Waals surface area (Å²) in [6.07, 6.45) is 4.51. The summed E-state index contributed by atoms with van der Waals surface area (Å²) >= 11 is 1.78. The van der Waals surface area contributed by atoms with E-state index >= 15 is 0 Å². The lowest BCUT2D eigenvalue weighted by Crippen LogP contribution is -2.64. The van der Waals surface area contributed by atoms with Gasteiger partial charge in [-0.3, -0.25) is 0 Å². The fourth-order valence-electron chi connectivity index (χ4n) is 3.40. The van der Waals surface area contributed by atoms with Gasteiger partial charge in [0.1, 0.15) is 5.01 Å². The van der Waals surface area contributed by atoms with E-state index in [9.17, 15) is 0 Å². The fourth-order valence-corrected chi connectivity index (χ4v) is 4.29. The van der Waals surface area contributed by atoms with Crippen molar-refractivity contribution in [2.24, 2.45) is 5.92 Å². The highest BCUT2D eigenvalue weighted by molar-refractivity contribution is 7.09. The molecular formula is C13H21N3OS. The zero-order valence-corrected chi connectivity index (χ0v) is 11.7. The summed E-state index contributed by atoms with van der Waals surface area (Å²) in [7, 11) is 1.76. The van der Waals surface area contributed by atoms with E-state index < -0.39 is 0 Å². The quantitative estimate of drug-likeness (QED) is 0.816. The molecule has 1 aromatic rings. The molecule has 100 valence electrons. The van der Waals surface area contributed by atoms with Gasteiger partial charge in [0.15, 0.2) is 0 Å². The number of thiazole rings is 1. The Labute approximate surface area is 112 Å². The molecule has 4 heterocycles. The number of nitrogens with one attached hydrogen (secondary N) is 1. The molecule has 0 spiro atoms. The van der Waals surface area contributed by atoms with Gasteiger partial charge in [-0.1, -0.05) is 0 Å². The number of fused-ring (bicyclic) bond motifs is 3. The van der Waals surface area contributed by atoms with Crippen LogP contribution in [-0.4, -0.2) is 49.8 Å². The van der Waals surface area contributed by atoms with E-state index in [1.807, 2.05) is 6.20 Å². The van der Waals surface area contributed by atoms with Crippen molar-refractivity contribution in [3.8, 4) is 0 Å². The molecule has 1 N–H and O–H groups in total. The minimum absolute atomic E-state index is 0.0726. The van der Waals surface area contributed by atoms with E-state index in [-0.39, 0.29) is 5.54 Å². The minimum Gasteiger partial charge on any atom is -0.383 e. The Morgan fingerprint density at radius 3 is 2.94 bits per heavy atom. The first-order valence-electron chi connectivity index (χ1n) is 6.71. The van der Waals surface area contributed by atoms with E-state index in [1.165, 1.54) is 30.9 Å². The summed E-state index contributed by atoms with van der Waals surface area (Å²) in [5.41, 5.74) is 0.0726. The van der Waals surface area contributed by atoms with Crippen LogP contribution < -0.4 is 5.32 Å². The van der Waals surface area contributed by atoms with Gasteiger partial charge in [-0.2, -0.15) is 0 Å². The average Bonchev–Trinajstić information content (AvgIpc) is 2.95. The molecule has 0 aliphatic carbocycles. The van der Waals surface area contributed by atoms with Crippen molar-refractivity contribution >= 4 is 11.3 Å². The van der Waals surface area contributed by atoms with E-state index in [0.29, 0.717) is 0 Å². The van der Waals surface area contributed by atoms with Gasteiger partial charge in [0.2, 0.25) is 0 Å². The number of hydrogen-bond acceptors (Lipinski definition) is 5. The molecule has 2 bridgehead atoms. The molecule has 3 saturated heterocycles. The topological polar surface area (TPSA) is 37.4 Å². The van der Waals surface area contributed by atoms with Gasteiger partial charge in [-0.05, 0) is 31.8 Å². The number of rotatable bonds is 5. The highest BCUT2D eigenvalue weighted by atomic mass is 32.1. The van der Waals surface area contributed by atoms with Crippen LogP contribution in [-0.2, 0) is 10.3 Å². The summed E-state index contributed by atoms with van der Waals surface area (Å²) in [5, 5.41) is 7.10. The Morgan fingerprint density at radius 1 is 1.56 bits per heavy atom. The molecule has 5 heteroatoms. The van der Waals surface area contributed by atoms with E-state index in [2.05, 4.69) is 20.6 Å². The third kappa shape index (κ3) is 2.09. The van der Waals surface area contributed by atoms with Crippen LogP contribution in [0.1, 0.15) is 17.8 Å². The summed E-state index contributed by atoms with van der Waals surface area (Å²) in [5.74, 6) is 0.727. The normalized spacial score (nSPS) is 34.9. The van der Waals surface area contributed by atoms with Crippen LogP contribution in [0.25, 0.3) is 0 Å². The van der Waals surface area contributed by atoms with Crippen LogP contribution in [0.3, 0.4) is 0 Å². The number of nitrogens with zero attached hydrogens (tertiary/aromatic N) is 2. The van der Waals surface area contributed by atoms with Crippen LogP contribution in [0.15, 0.2) is 11.6 Å². The van der Waals surface area contributed by atoms with Gasteiger partial charge in [-0.25, -0.2) is 4.98 Å². The van der Waals surface area contributed by atoms with Crippen molar-refractivity contribution in [2.75, 3.05) is 39.9 Å². The molecule has 0 radical (unpaired) electrons. The monoisotopic (exact) mass is 267 g/mol. The molecule has 1 unspecified atom stereocenters. The van der Waals surface area contributed by atoms with Crippen molar-refractivity contribution in [1.82, 2.24) is 15.2 Å². The highest BCUT2D eigenvalue weighted by Gasteiger charge is 2.49. The molecule has 3 aliphatic rings. The first kappa shape index (κ1) is 12.5. The Kier molecular flexibility index (Phi) is 3.66. The molecule has 18 heavy (non-hydrogen) atoms. The predicted molar refractivity (Wildman–Crippen MR) is 72.8 cm³/mol. The van der Waals surface area contributed by atoms with E-state index in [1.54, 1.807) is 18.4 Å². The zero-order valence-electron chi connectivity index (χ0n) is 10.9. The zero-order chi connectivity index (χ0) is 12.4. The third-order valence-electron chi connectivity index (χ3n) is 4.32. The molecule has 1 aromatic heterocycles. The third-order valence-corrected chi connectivity index (χ3v) is 5.27. The molecule has 3 aliphatic heterocycles.